The molecule has 1 fully saturated rings. The molecule has 1 heterocycles. The minimum Gasteiger partial charge on any atom is -0.480 e. The van der Waals surface area contributed by atoms with Crippen LogP contribution in [0.25, 0.3) is 0 Å². The number of ether oxygens (including phenoxy) is 1. The van der Waals surface area contributed by atoms with Gasteiger partial charge in [-0.15, -0.1) is 0 Å². The van der Waals surface area contributed by atoms with Crippen LogP contribution >= 0.6 is 12.6 Å². The Bertz CT molecular complexity index is 290. The van der Waals surface area contributed by atoms with Gasteiger partial charge in [-0.25, -0.2) is 0 Å². The van der Waals surface area contributed by atoms with Crippen molar-refractivity contribution in [2.24, 2.45) is 0 Å². The molecule has 0 amide bonds. The molecule has 0 aromatic heterocycles. The Labute approximate surface area is 109 Å². The van der Waals surface area contributed by atoms with Crippen molar-refractivity contribution < 1.29 is 35.1 Å². The molecule has 0 spiro atoms. The SMILES string of the molecule is O=C(O)[C@H](CS)NC1O[C@H](CO)[C@@H](O)[C@H](O)[C@@H]1O. The summed E-state index contributed by atoms with van der Waals surface area (Å²) in [6, 6.07) is -1.09. The molecule has 1 aliphatic rings. The Morgan fingerprint density at radius 3 is 2.33 bits per heavy atom. The highest BCUT2D eigenvalue weighted by Gasteiger charge is 2.44. The molecule has 0 saturated carbocycles. The van der Waals surface area contributed by atoms with Crippen LogP contribution < -0.4 is 5.32 Å². The van der Waals surface area contributed by atoms with Crippen LogP contribution in [0.4, 0.5) is 0 Å². The predicted octanol–water partition coefficient (Wildman–Crippen LogP) is -3.24. The number of rotatable bonds is 5. The lowest BCUT2D eigenvalue weighted by Crippen LogP contribution is -2.64. The molecule has 106 valence electrons. The van der Waals surface area contributed by atoms with Crippen LogP contribution in [0.3, 0.4) is 0 Å². The van der Waals surface area contributed by atoms with Gasteiger partial charge in [0.15, 0.2) is 0 Å². The van der Waals surface area contributed by atoms with Gasteiger partial charge in [-0.3, -0.25) is 10.1 Å². The molecule has 0 aliphatic carbocycles. The van der Waals surface area contributed by atoms with E-state index in [2.05, 4.69) is 17.9 Å². The summed E-state index contributed by atoms with van der Waals surface area (Å²) in [5, 5.41) is 48.9. The number of carbonyl (C=O) groups is 1. The van der Waals surface area contributed by atoms with Crippen molar-refractivity contribution in [2.45, 2.75) is 36.7 Å². The number of hydrogen-bond acceptors (Lipinski definition) is 8. The lowest BCUT2D eigenvalue weighted by molar-refractivity contribution is -0.238. The molecule has 1 unspecified atom stereocenters. The van der Waals surface area contributed by atoms with E-state index in [-0.39, 0.29) is 5.75 Å². The van der Waals surface area contributed by atoms with Crippen LogP contribution in [-0.2, 0) is 9.53 Å². The first-order valence-electron chi connectivity index (χ1n) is 5.32. The highest BCUT2D eigenvalue weighted by atomic mass is 32.1. The summed E-state index contributed by atoms with van der Waals surface area (Å²) in [7, 11) is 0. The molecule has 0 aromatic rings. The first-order valence-corrected chi connectivity index (χ1v) is 5.95. The maximum absolute atomic E-state index is 10.8. The van der Waals surface area contributed by atoms with Gasteiger partial charge in [0.2, 0.25) is 0 Å². The van der Waals surface area contributed by atoms with E-state index in [1.807, 2.05) is 0 Å². The lowest BCUT2D eigenvalue weighted by atomic mass is 9.98. The molecular formula is C9H17NO7S. The van der Waals surface area contributed by atoms with Gasteiger partial charge in [0, 0.05) is 5.75 Å². The second-order valence-corrected chi connectivity index (χ2v) is 4.35. The summed E-state index contributed by atoms with van der Waals surface area (Å²) < 4.78 is 5.09. The van der Waals surface area contributed by atoms with E-state index in [1.54, 1.807) is 0 Å². The Balaban J connectivity index is 2.72. The zero-order valence-electron chi connectivity index (χ0n) is 9.38. The molecule has 18 heavy (non-hydrogen) atoms. The minimum atomic E-state index is -1.54. The van der Waals surface area contributed by atoms with Gasteiger partial charge in [0.1, 0.15) is 36.7 Å². The maximum atomic E-state index is 10.8. The van der Waals surface area contributed by atoms with Crippen LogP contribution in [0.5, 0.6) is 0 Å². The third-order valence-corrected chi connectivity index (χ3v) is 3.10. The fraction of sp³-hybridized carbons (Fsp3) is 0.889. The fourth-order valence-corrected chi connectivity index (χ4v) is 1.90. The Morgan fingerprint density at radius 2 is 1.89 bits per heavy atom. The minimum absolute atomic E-state index is 0.0512. The largest absolute Gasteiger partial charge is 0.480 e. The van der Waals surface area contributed by atoms with Gasteiger partial charge in [0.25, 0.3) is 0 Å². The summed E-state index contributed by atoms with van der Waals surface area (Å²) in [5.74, 6) is -1.24. The summed E-state index contributed by atoms with van der Waals surface area (Å²) in [4.78, 5) is 10.8. The zero-order chi connectivity index (χ0) is 13.9. The fourth-order valence-electron chi connectivity index (χ4n) is 1.64. The smallest absolute Gasteiger partial charge is 0.321 e. The normalized spacial score (nSPS) is 38.4. The number of hydrogen-bond donors (Lipinski definition) is 7. The molecule has 0 bridgehead atoms. The quantitative estimate of drug-likeness (QED) is 0.261. The van der Waals surface area contributed by atoms with Crippen molar-refractivity contribution in [3.8, 4) is 0 Å². The highest BCUT2D eigenvalue weighted by molar-refractivity contribution is 7.80. The lowest BCUT2D eigenvalue weighted by Gasteiger charge is -2.41. The number of thiol groups is 1. The van der Waals surface area contributed by atoms with Gasteiger partial charge in [-0.1, -0.05) is 0 Å². The molecule has 1 saturated heterocycles. The van der Waals surface area contributed by atoms with E-state index in [4.69, 9.17) is 14.9 Å². The maximum Gasteiger partial charge on any atom is 0.321 e. The van der Waals surface area contributed by atoms with Gasteiger partial charge in [-0.05, 0) is 0 Å². The molecular weight excluding hydrogens is 266 g/mol. The molecule has 8 nitrogen and oxygen atoms in total. The topological polar surface area (TPSA) is 139 Å². The van der Waals surface area contributed by atoms with Crippen LogP contribution in [0.2, 0.25) is 0 Å². The molecule has 0 radical (unpaired) electrons. The average Bonchev–Trinajstić information content (AvgIpc) is 2.35. The Morgan fingerprint density at radius 1 is 1.28 bits per heavy atom. The first kappa shape index (κ1) is 15.6. The van der Waals surface area contributed by atoms with Gasteiger partial charge >= 0.3 is 5.97 Å². The van der Waals surface area contributed by atoms with Crippen molar-refractivity contribution in [3.05, 3.63) is 0 Å². The van der Waals surface area contributed by atoms with E-state index in [1.165, 1.54) is 0 Å². The predicted molar refractivity (Wildman–Crippen MR) is 62.2 cm³/mol. The molecule has 1 aliphatic heterocycles. The van der Waals surface area contributed by atoms with E-state index in [0.717, 1.165) is 0 Å². The van der Waals surface area contributed by atoms with Crippen molar-refractivity contribution in [1.82, 2.24) is 5.32 Å². The second kappa shape index (κ2) is 6.66. The molecule has 6 atom stereocenters. The van der Waals surface area contributed by atoms with Crippen LogP contribution in [0, 0.1) is 0 Å². The second-order valence-electron chi connectivity index (χ2n) is 3.99. The first-order chi connectivity index (χ1) is 8.42. The highest BCUT2D eigenvalue weighted by Crippen LogP contribution is 2.20. The van der Waals surface area contributed by atoms with Gasteiger partial charge in [-0.2, -0.15) is 12.6 Å². The van der Waals surface area contributed by atoms with Gasteiger partial charge < -0.3 is 30.3 Å². The van der Waals surface area contributed by atoms with Crippen LogP contribution in [0.1, 0.15) is 0 Å². The third kappa shape index (κ3) is 3.32. The monoisotopic (exact) mass is 283 g/mol. The molecule has 6 N–H and O–H groups in total. The van der Waals surface area contributed by atoms with Crippen LogP contribution in [0.15, 0.2) is 0 Å². The molecule has 1 rings (SSSR count). The van der Waals surface area contributed by atoms with E-state index >= 15 is 0 Å². The number of nitrogens with one attached hydrogen (secondary N) is 1. The van der Waals surface area contributed by atoms with Crippen LogP contribution in [-0.4, -0.2) is 80.5 Å². The van der Waals surface area contributed by atoms with Crippen molar-refractivity contribution in [2.75, 3.05) is 12.4 Å². The summed E-state index contributed by atoms with van der Waals surface area (Å²) >= 11 is 3.83. The third-order valence-electron chi connectivity index (χ3n) is 2.74. The number of aliphatic carboxylic acids is 1. The van der Waals surface area contributed by atoms with Gasteiger partial charge in [0.05, 0.1) is 6.61 Å². The molecule has 9 heteroatoms. The van der Waals surface area contributed by atoms with E-state index in [0.29, 0.717) is 0 Å². The van der Waals surface area contributed by atoms with Crippen molar-refractivity contribution in [1.29, 1.82) is 0 Å². The average molecular weight is 283 g/mol. The van der Waals surface area contributed by atoms with E-state index in [9.17, 15) is 20.1 Å². The zero-order valence-corrected chi connectivity index (χ0v) is 10.3. The summed E-state index contributed by atoms with van der Waals surface area (Å²) in [6.07, 6.45) is -6.81. The summed E-state index contributed by atoms with van der Waals surface area (Å²) in [5.41, 5.74) is 0. The number of aliphatic hydroxyl groups is 4. The van der Waals surface area contributed by atoms with Crippen molar-refractivity contribution in [3.63, 3.8) is 0 Å². The molecule has 0 aromatic carbocycles. The number of carboxylic acid groups (broad SMARTS) is 1. The standard InChI is InChI=1S/C9H17NO7S/c11-1-4-5(12)6(13)7(14)8(17-4)10-3(2-18)9(15)16/h3-8,10-14,18H,1-2H2,(H,15,16)/t3-,4+,5+,6-,7-,8?/m0/s1. The number of carboxylic acids is 1. The Kier molecular flexibility index (Phi) is 5.79. The van der Waals surface area contributed by atoms with Crippen molar-refractivity contribution >= 4 is 18.6 Å². The number of aliphatic hydroxyl groups excluding tert-OH is 4. The van der Waals surface area contributed by atoms with E-state index < -0.39 is 49.3 Å². The summed E-state index contributed by atoms with van der Waals surface area (Å²) in [6.45, 7) is -0.568. The Hall–Kier alpha value is -0.420.